The molecule has 1 aromatic carbocycles. The fourth-order valence-corrected chi connectivity index (χ4v) is 4.05. The van der Waals surface area contributed by atoms with Crippen molar-refractivity contribution < 1.29 is 17.2 Å². The summed E-state index contributed by atoms with van der Waals surface area (Å²) in [4.78, 5) is 0. The van der Waals surface area contributed by atoms with Gasteiger partial charge in [-0.1, -0.05) is 13.0 Å². The van der Waals surface area contributed by atoms with Crippen molar-refractivity contribution in [2.24, 2.45) is 0 Å². The Morgan fingerprint density at radius 2 is 2.10 bits per heavy atom. The highest BCUT2D eigenvalue weighted by Gasteiger charge is 2.30. The summed E-state index contributed by atoms with van der Waals surface area (Å²) in [6.07, 6.45) is 1.20. The van der Waals surface area contributed by atoms with Crippen molar-refractivity contribution in [2.45, 2.75) is 31.7 Å². The number of nitrogens with one attached hydrogen (secondary N) is 2. The smallest absolute Gasteiger partial charge is 0.211 e. The average molecular weight is 318 g/mol. The molecule has 4 nitrogen and oxygen atoms in total. The van der Waals surface area contributed by atoms with E-state index in [4.69, 9.17) is 0 Å². The SMILES string of the molecule is CCCS(=O)(=O)NC1CNCCC1c1ccc(F)c(F)c1. The van der Waals surface area contributed by atoms with Gasteiger partial charge in [0, 0.05) is 18.5 Å². The largest absolute Gasteiger partial charge is 0.315 e. The van der Waals surface area contributed by atoms with E-state index in [0.717, 1.165) is 18.7 Å². The van der Waals surface area contributed by atoms with Crippen molar-refractivity contribution in [1.82, 2.24) is 10.0 Å². The van der Waals surface area contributed by atoms with E-state index >= 15 is 0 Å². The molecular weight excluding hydrogens is 298 g/mol. The summed E-state index contributed by atoms with van der Waals surface area (Å²) in [5.41, 5.74) is 0.625. The predicted octanol–water partition coefficient (Wildman–Crippen LogP) is 1.74. The molecule has 1 aliphatic heterocycles. The molecule has 2 N–H and O–H groups in total. The Morgan fingerprint density at radius 3 is 2.76 bits per heavy atom. The Kier molecular flexibility index (Phi) is 5.29. The first-order chi connectivity index (χ1) is 9.93. The Hall–Kier alpha value is -1.05. The predicted molar refractivity (Wildman–Crippen MR) is 77.6 cm³/mol. The Morgan fingerprint density at radius 1 is 1.33 bits per heavy atom. The molecule has 0 aliphatic carbocycles. The molecule has 1 aromatic rings. The fraction of sp³-hybridized carbons (Fsp3) is 0.571. The van der Waals surface area contributed by atoms with E-state index in [1.54, 1.807) is 6.92 Å². The zero-order valence-corrected chi connectivity index (χ0v) is 12.7. The molecule has 2 unspecified atom stereocenters. The lowest BCUT2D eigenvalue weighted by Gasteiger charge is -2.33. The van der Waals surface area contributed by atoms with Crippen LogP contribution in [-0.2, 0) is 10.0 Å². The second-order valence-electron chi connectivity index (χ2n) is 5.32. The molecule has 0 radical (unpaired) electrons. The van der Waals surface area contributed by atoms with Crippen LogP contribution in [0.25, 0.3) is 0 Å². The minimum absolute atomic E-state index is 0.0635. The fourth-order valence-electron chi connectivity index (χ4n) is 2.68. The van der Waals surface area contributed by atoms with Gasteiger partial charge in [-0.2, -0.15) is 0 Å². The van der Waals surface area contributed by atoms with Gasteiger partial charge in [0.05, 0.1) is 5.75 Å². The standard InChI is InChI=1S/C14H20F2N2O2S/c1-2-7-21(19,20)18-14-9-17-6-5-11(14)10-3-4-12(15)13(16)8-10/h3-4,8,11,14,17-18H,2,5-7,9H2,1H3. The molecule has 1 fully saturated rings. The van der Waals surface area contributed by atoms with E-state index in [2.05, 4.69) is 10.0 Å². The third kappa shape index (κ3) is 4.21. The molecule has 0 saturated carbocycles. The Balaban J connectivity index is 2.20. The number of hydrogen-bond donors (Lipinski definition) is 2. The maximum Gasteiger partial charge on any atom is 0.211 e. The molecular formula is C14H20F2N2O2S. The lowest BCUT2D eigenvalue weighted by molar-refractivity contribution is 0.376. The maximum absolute atomic E-state index is 13.4. The molecule has 1 heterocycles. The topological polar surface area (TPSA) is 58.2 Å². The number of benzene rings is 1. The highest BCUT2D eigenvalue weighted by molar-refractivity contribution is 7.89. The average Bonchev–Trinajstić information content (AvgIpc) is 2.42. The van der Waals surface area contributed by atoms with E-state index < -0.39 is 21.7 Å². The van der Waals surface area contributed by atoms with Crippen molar-refractivity contribution in [2.75, 3.05) is 18.8 Å². The van der Waals surface area contributed by atoms with Gasteiger partial charge < -0.3 is 5.32 Å². The first-order valence-corrected chi connectivity index (χ1v) is 8.74. The molecule has 2 atom stereocenters. The van der Waals surface area contributed by atoms with Gasteiger partial charge in [-0.15, -0.1) is 0 Å². The van der Waals surface area contributed by atoms with E-state index in [0.29, 0.717) is 24.9 Å². The van der Waals surface area contributed by atoms with Crippen molar-refractivity contribution in [3.05, 3.63) is 35.4 Å². The second kappa shape index (κ2) is 6.81. The van der Waals surface area contributed by atoms with Gasteiger partial charge >= 0.3 is 0 Å². The van der Waals surface area contributed by atoms with Crippen LogP contribution in [0, 0.1) is 11.6 Å². The van der Waals surface area contributed by atoms with Crippen LogP contribution in [0.4, 0.5) is 8.78 Å². The summed E-state index contributed by atoms with van der Waals surface area (Å²) in [6, 6.07) is 3.42. The zero-order chi connectivity index (χ0) is 15.5. The van der Waals surface area contributed by atoms with Crippen LogP contribution in [0.5, 0.6) is 0 Å². The minimum atomic E-state index is -3.35. The van der Waals surface area contributed by atoms with Crippen LogP contribution in [0.2, 0.25) is 0 Å². The number of hydrogen-bond acceptors (Lipinski definition) is 3. The number of halogens is 2. The van der Waals surface area contributed by atoms with Crippen molar-refractivity contribution in [1.29, 1.82) is 0 Å². The van der Waals surface area contributed by atoms with Crippen LogP contribution in [0.1, 0.15) is 31.2 Å². The summed E-state index contributed by atoms with van der Waals surface area (Å²) in [5.74, 6) is -1.89. The Bertz CT molecular complexity index is 593. The third-order valence-corrected chi connectivity index (χ3v) is 5.27. The van der Waals surface area contributed by atoms with Crippen LogP contribution < -0.4 is 10.0 Å². The summed E-state index contributed by atoms with van der Waals surface area (Å²) in [5, 5.41) is 3.13. The normalized spacial score (nSPS) is 23.2. The highest BCUT2D eigenvalue weighted by atomic mass is 32.2. The molecule has 118 valence electrons. The van der Waals surface area contributed by atoms with Crippen LogP contribution in [0.15, 0.2) is 18.2 Å². The van der Waals surface area contributed by atoms with Crippen molar-refractivity contribution in [3.63, 3.8) is 0 Å². The van der Waals surface area contributed by atoms with Gasteiger partial charge in [-0.05, 0) is 37.1 Å². The molecule has 1 saturated heterocycles. The highest BCUT2D eigenvalue weighted by Crippen LogP contribution is 2.27. The maximum atomic E-state index is 13.4. The monoisotopic (exact) mass is 318 g/mol. The van der Waals surface area contributed by atoms with Gasteiger partial charge in [0.25, 0.3) is 0 Å². The van der Waals surface area contributed by atoms with E-state index in [1.807, 2.05) is 0 Å². The second-order valence-corrected chi connectivity index (χ2v) is 7.19. The van der Waals surface area contributed by atoms with E-state index in [9.17, 15) is 17.2 Å². The van der Waals surface area contributed by atoms with Crippen molar-refractivity contribution in [3.8, 4) is 0 Å². The Labute approximate surface area is 124 Å². The lowest BCUT2D eigenvalue weighted by atomic mass is 9.86. The number of sulfonamides is 1. The molecule has 7 heteroatoms. The molecule has 1 aliphatic rings. The number of piperidine rings is 1. The first kappa shape index (κ1) is 16.3. The van der Waals surface area contributed by atoms with Gasteiger partial charge in [0.1, 0.15) is 0 Å². The van der Waals surface area contributed by atoms with E-state index in [1.165, 1.54) is 6.07 Å². The van der Waals surface area contributed by atoms with Crippen LogP contribution >= 0.6 is 0 Å². The molecule has 2 rings (SSSR count). The number of rotatable bonds is 5. The van der Waals surface area contributed by atoms with Gasteiger partial charge in [-0.25, -0.2) is 21.9 Å². The summed E-state index contributed by atoms with van der Waals surface area (Å²) in [6.45, 7) is 2.99. The molecule has 21 heavy (non-hydrogen) atoms. The molecule has 0 amide bonds. The zero-order valence-electron chi connectivity index (χ0n) is 11.9. The van der Waals surface area contributed by atoms with Gasteiger partial charge in [-0.3, -0.25) is 0 Å². The minimum Gasteiger partial charge on any atom is -0.315 e. The van der Waals surface area contributed by atoms with Crippen molar-refractivity contribution >= 4 is 10.0 Å². The summed E-state index contributed by atoms with van der Waals surface area (Å²) >= 11 is 0. The lowest BCUT2D eigenvalue weighted by Crippen LogP contribution is -2.50. The third-order valence-electron chi connectivity index (χ3n) is 3.66. The molecule has 0 bridgehead atoms. The van der Waals surface area contributed by atoms with Crippen LogP contribution in [-0.4, -0.2) is 33.3 Å². The molecule has 0 aromatic heterocycles. The quantitative estimate of drug-likeness (QED) is 0.869. The summed E-state index contributed by atoms with van der Waals surface area (Å²) in [7, 11) is -3.35. The first-order valence-electron chi connectivity index (χ1n) is 7.08. The van der Waals surface area contributed by atoms with Gasteiger partial charge in [0.15, 0.2) is 11.6 Å². The van der Waals surface area contributed by atoms with Gasteiger partial charge in [0.2, 0.25) is 10.0 Å². The summed E-state index contributed by atoms with van der Waals surface area (Å²) < 4.78 is 52.9. The van der Waals surface area contributed by atoms with Crippen LogP contribution in [0.3, 0.4) is 0 Å². The van der Waals surface area contributed by atoms with E-state index in [-0.39, 0.29) is 17.7 Å². The molecule has 0 spiro atoms.